The molecule has 3 aromatic rings. The Hall–Kier alpha value is -2.35. The number of hydrogen-bond donors (Lipinski definition) is 0. The second-order valence-electron chi connectivity index (χ2n) is 4.63. The number of ether oxygens (including phenoxy) is 1. The van der Waals surface area contributed by atoms with E-state index >= 15 is 0 Å². The third kappa shape index (κ3) is 2.50. The van der Waals surface area contributed by atoms with Gasteiger partial charge in [-0.15, -0.1) is 0 Å². The summed E-state index contributed by atoms with van der Waals surface area (Å²) >= 11 is 0. The van der Waals surface area contributed by atoms with Crippen LogP contribution in [0.2, 0.25) is 0 Å². The molecule has 3 rings (SSSR count). The first-order chi connectivity index (χ1) is 9.88. The van der Waals surface area contributed by atoms with Crippen LogP contribution in [0.25, 0.3) is 10.9 Å². The van der Waals surface area contributed by atoms with Crippen LogP contribution < -0.4 is 4.74 Å². The molecule has 0 aliphatic carbocycles. The minimum atomic E-state index is 0.406. The Kier molecular flexibility index (Phi) is 3.64. The van der Waals surface area contributed by atoms with Crippen LogP contribution in [0.1, 0.15) is 11.1 Å². The van der Waals surface area contributed by atoms with Gasteiger partial charge in [-0.1, -0.05) is 42.5 Å². The first-order valence-corrected chi connectivity index (χ1v) is 6.71. The molecule has 2 nitrogen and oxygen atoms in total. The fraction of sp³-hybridized carbons (Fsp3) is 0.111. The predicted molar refractivity (Wildman–Crippen MR) is 81.8 cm³/mol. The summed E-state index contributed by atoms with van der Waals surface area (Å²) < 4.78 is 5.55. The van der Waals surface area contributed by atoms with Gasteiger partial charge in [0.1, 0.15) is 11.3 Å². The Morgan fingerprint density at radius 1 is 0.950 bits per heavy atom. The van der Waals surface area contributed by atoms with E-state index in [0.29, 0.717) is 6.61 Å². The summed E-state index contributed by atoms with van der Waals surface area (Å²) in [5, 5.41) is 1.14. The molecule has 0 bridgehead atoms. The lowest BCUT2D eigenvalue weighted by atomic mass is 10.0. The van der Waals surface area contributed by atoms with Crippen LogP contribution in [-0.4, -0.2) is 11.6 Å². The molecule has 1 radical (unpaired) electrons. The van der Waals surface area contributed by atoms with Crippen LogP contribution in [0.15, 0.2) is 60.8 Å². The Labute approximate surface area is 119 Å². The second-order valence-corrected chi connectivity index (χ2v) is 4.63. The molecule has 0 aliphatic rings. The number of aromatic nitrogens is 1. The highest BCUT2D eigenvalue weighted by atomic mass is 16.5. The molecule has 0 saturated heterocycles. The maximum atomic E-state index is 5.55. The van der Waals surface area contributed by atoms with Crippen molar-refractivity contribution in [3.63, 3.8) is 0 Å². The molecule has 0 fully saturated rings. The average molecular weight is 262 g/mol. The largest absolute Gasteiger partial charge is 0.491 e. The van der Waals surface area contributed by atoms with Gasteiger partial charge >= 0.3 is 0 Å². The highest BCUT2D eigenvalue weighted by Crippen LogP contribution is 2.27. The molecule has 0 spiro atoms. The summed E-state index contributed by atoms with van der Waals surface area (Å²) in [6.45, 7) is 4.13. The fourth-order valence-electron chi connectivity index (χ4n) is 2.40. The topological polar surface area (TPSA) is 22.1 Å². The summed E-state index contributed by atoms with van der Waals surface area (Å²) in [5.74, 6) is 0.799. The Morgan fingerprint density at radius 2 is 1.80 bits per heavy atom. The summed E-state index contributed by atoms with van der Waals surface area (Å²) in [5.41, 5.74) is 3.46. The van der Waals surface area contributed by atoms with Gasteiger partial charge in [-0.2, -0.15) is 0 Å². The smallest absolute Gasteiger partial charge is 0.145 e. The van der Waals surface area contributed by atoms with Crippen molar-refractivity contribution in [3.8, 4) is 5.75 Å². The van der Waals surface area contributed by atoms with Gasteiger partial charge in [-0.3, -0.25) is 4.98 Å². The lowest BCUT2D eigenvalue weighted by molar-refractivity contribution is 0.364. The van der Waals surface area contributed by atoms with Crippen molar-refractivity contribution in [2.75, 3.05) is 6.61 Å². The lowest BCUT2D eigenvalue weighted by Crippen LogP contribution is -1.96. The van der Waals surface area contributed by atoms with E-state index in [1.165, 1.54) is 11.1 Å². The SMILES string of the molecule is [CH2]COc1cccc2c(Cc3ccccc3)ccnc12. The van der Waals surface area contributed by atoms with Crippen molar-refractivity contribution in [2.24, 2.45) is 0 Å². The highest BCUT2D eigenvalue weighted by molar-refractivity contribution is 5.87. The molecule has 99 valence electrons. The number of benzene rings is 2. The zero-order chi connectivity index (χ0) is 13.8. The van der Waals surface area contributed by atoms with Gasteiger partial charge in [-0.25, -0.2) is 0 Å². The van der Waals surface area contributed by atoms with E-state index < -0.39 is 0 Å². The first kappa shape index (κ1) is 12.7. The Balaban J connectivity index is 2.06. The van der Waals surface area contributed by atoms with Gasteiger partial charge in [0, 0.05) is 11.6 Å². The standard InChI is InChI=1S/C18H16NO/c1-2-20-17-10-6-9-16-15(11-12-19-18(16)17)13-14-7-4-3-5-8-14/h3-12H,1-2,13H2. The van der Waals surface area contributed by atoms with Gasteiger partial charge < -0.3 is 4.74 Å². The molecular formula is C18H16NO. The molecule has 0 saturated carbocycles. The molecule has 1 aromatic heterocycles. The van der Waals surface area contributed by atoms with Gasteiger partial charge in [0.25, 0.3) is 0 Å². The first-order valence-electron chi connectivity index (χ1n) is 6.71. The molecule has 1 heterocycles. The van der Waals surface area contributed by atoms with Crippen molar-refractivity contribution in [2.45, 2.75) is 6.42 Å². The van der Waals surface area contributed by atoms with E-state index in [2.05, 4.69) is 48.3 Å². The molecule has 0 amide bonds. The minimum Gasteiger partial charge on any atom is -0.491 e. The zero-order valence-electron chi connectivity index (χ0n) is 11.3. The van der Waals surface area contributed by atoms with Crippen molar-refractivity contribution in [1.82, 2.24) is 4.98 Å². The van der Waals surface area contributed by atoms with E-state index in [1.54, 1.807) is 0 Å². The molecule has 0 aliphatic heterocycles. The minimum absolute atomic E-state index is 0.406. The quantitative estimate of drug-likeness (QED) is 0.708. The number of rotatable bonds is 4. The van der Waals surface area contributed by atoms with Crippen molar-refractivity contribution >= 4 is 10.9 Å². The Morgan fingerprint density at radius 3 is 2.60 bits per heavy atom. The van der Waals surface area contributed by atoms with Crippen molar-refractivity contribution in [3.05, 3.63) is 78.8 Å². The summed E-state index contributed by atoms with van der Waals surface area (Å²) in [6, 6.07) is 18.6. The predicted octanol–water partition coefficient (Wildman–Crippen LogP) is 4.04. The molecule has 2 heteroatoms. The molecule has 20 heavy (non-hydrogen) atoms. The van der Waals surface area contributed by atoms with Crippen LogP contribution in [0.5, 0.6) is 5.75 Å². The van der Waals surface area contributed by atoms with Crippen LogP contribution in [0.4, 0.5) is 0 Å². The number of fused-ring (bicyclic) bond motifs is 1. The summed E-state index contributed by atoms with van der Waals surface area (Å²) in [4.78, 5) is 4.45. The lowest BCUT2D eigenvalue weighted by Gasteiger charge is -2.10. The van der Waals surface area contributed by atoms with Crippen molar-refractivity contribution in [1.29, 1.82) is 0 Å². The highest BCUT2D eigenvalue weighted by Gasteiger charge is 2.07. The van der Waals surface area contributed by atoms with Crippen molar-refractivity contribution < 1.29 is 4.74 Å². The zero-order valence-corrected chi connectivity index (χ0v) is 11.3. The third-order valence-electron chi connectivity index (χ3n) is 3.32. The normalized spacial score (nSPS) is 10.7. The van der Waals surface area contributed by atoms with Gasteiger partial charge in [0.05, 0.1) is 6.61 Å². The second kappa shape index (κ2) is 5.74. The van der Waals surface area contributed by atoms with E-state index in [1.807, 2.05) is 24.4 Å². The van der Waals surface area contributed by atoms with E-state index in [9.17, 15) is 0 Å². The van der Waals surface area contributed by atoms with Crippen LogP contribution in [0, 0.1) is 6.92 Å². The Bertz CT molecular complexity index is 707. The van der Waals surface area contributed by atoms with Crippen LogP contribution >= 0.6 is 0 Å². The number of pyridine rings is 1. The summed E-state index contributed by atoms with van der Waals surface area (Å²) in [6.07, 6.45) is 2.74. The maximum Gasteiger partial charge on any atom is 0.145 e. The monoisotopic (exact) mass is 262 g/mol. The average Bonchev–Trinajstić information content (AvgIpc) is 2.50. The van der Waals surface area contributed by atoms with Gasteiger partial charge in [0.15, 0.2) is 0 Å². The molecular weight excluding hydrogens is 246 g/mol. The molecule has 0 unspecified atom stereocenters. The molecule has 0 atom stereocenters. The van der Waals surface area contributed by atoms with Crippen LogP contribution in [-0.2, 0) is 6.42 Å². The van der Waals surface area contributed by atoms with Gasteiger partial charge in [-0.05, 0) is 36.6 Å². The van der Waals surface area contributed by atoms with E-state index in [4.69, 9.17) is 4.74 Å². The van der Waals surface area contributed by atoms with Crippen LogP contribution in [0.3, 0.4) is 0 Å². The maximum absolute atomic E-state index is 5.55. The third-order valence-corrected chi connectivity index (χ3v) is 3.32. The number of para-hydroxylation sites is 1. The number of hydrogen-bond acceptors (Lipinski definition) is 2. The molecule has 2 aromatic carbocycles. The van der Waals surface area contributed by atoms with E-state index in [-0.39, 0.29) is 0 Å². The summed E-state index contributed by atoms with van der Waals surface area (Å²) in [7, 11) is 0. The van der Waals surface area contributed by atoms with E-state index in [0.717, 1.165) is 23.1 Å². The number of nitrogens with zero attached hydrogens (tertiary/aromatic N) is 1. The van der Waals surface area contributed by atoms with Gasteiger partial charge in [0.2, 0.25) is 0 Å². The molecule has 0 N–H and O–H groups in total. The fourth-order valence-corrected chi connectivity index (χ4v) is 2.40.